The topological polar surface area (TPSA) is 66.4 Å². The van der Waals surface area contributed by atoms with Crippen LogP contribution in [0, 0.1) is 0 Å². The molecule has 0 saturated heterocycles. The van der Waals surface area contributed by atoms with E-state index < -0.39 is 5.97 Å². The van der Waals surface area contributed by atoms with Crippen LogP contribution in [0.15, 0.2) is 0 Å². The van der Waals surface area contributed by atoms with Crippen LogP contribution in [-0.2, 0) is 9.59 Å². The van der Waals surface area contributed by atoms with Gasteiger partial charge in [-0.3, -0.25) is 9.59 Å². The Hall–Kier alpha value is -1.06. The summed E-state index contributed by atoms with van der Waals surface area (Å²) in [5.74, 6) is -0.615. The number of hydrogen-bond acceptors (Lipinski definition) is 2. The molecule has 0 aromatic rings. The van der Waals surface area contributed by atoms with Crippen LogP contribution < -0.4 is 5.32 Å². The van der Waals surface area contributed by atoms with Crippen molar-refractivity contribution in [3.05, 3.63) is 0 Å². The third-order valence-corrected chi connectivity index (χ3v) is 2.90. The highest BCUT2D eigenvalue weighted by molar-refractivity contribution is 5.75. The van der Waals surface area contributed by atoms with E-state index in [9.17, 15) is 9.59 Å². The van der Waals surface area contributed by atoms with Crippen LogP contribution >= 0.6 is 0 Å². The van der Waals surface area contributed by atoms with Gasteiger partial charge in [-0.05, 0) is 19.3 Å². The van der Waals surface area contributed by atoms with Gasteiger partial charge in [0, 0.05) is 19.4 Å². The molecule has 0 rings (SSSR count). The molecule has 0 aliphatic heterocycles. The quantitative estimate of drug-likeness (QED) is 0.528. The van der Waals surface area contributed by atoms with E-state index in [1.54, 1.807) is 0 Å². The number of unbranched alkanes of at least 4 members (excludes halogenated alkanes) is 6. The summed E-state index contributed by atoms with van der Waals surface area (Å²) < 4.78 is 0. The van der Waals surface area contributed by atoms with Crippen molar-refractivity contribution >= 4 is 11.9 Å². The zero-order chi connectivity index (χ0) is 13.6. The van der Waals surface area contributed by atoms with Crippen molar-refractivity contribution in [1.29, 1.82) is 0 Å². The maximum Gasteiger partial charge on any atom is 0.303 e. The second-order valence-corrected chi connectivity index (χ2v) is 4.72. The summed E-state index contributed by atoms with van der Waals surface area (Å²) in [7, 11) is 0. The summed E-state index contributed by atoms with van der Waals surface area (Å²) in [5, 5.41) is 11.3. The fourth-order valence-corrected chi connectivity index (χ4v) is 1.78. The van der Waals surface area contributed by atoms with Crippen LogP contribution in [0.5, 0.6) is 0 Å². The number of rotatable bonds is 12. The summed E-state index contributed by atoms with van der Waals surface area (Å²) >= 11 is 0. The zero-order valence-corrected chi connectivity index (χ0v) is 11.5. The van der Waals surface area contributed by atoms with E-state index in [-0.39, 0.29) is 12.3 Å². The number of carbonyl (C=O) groups excluding carboxylic acids is 1. The van der Waals surface area contributed by atoms with Crippen molar-refractivity contribution in [2.75, 3.05) is 6.54 Å². The summed E-state index contributed by atoms with van der Waals surface area (Å²) in [5.41, 5.74) is 0. The zero-order valence-electron chi connectivity index (χ0n) is 11.5. The predicted molar refractivity (Wildman–Crippen MR) is 72.5 cm³/mol. The standard InChI is InChI=1S/C14H27NO3/c1-2-3-4-5-7-10-13(16)15-12-9-6-8-11-14(17)18/h2-12H2,1H3,(H,15,16)(H,17,18). The highest BCUT2D eigenvalue weighted by Crippen LogP contribution is 2.04. The van der Waals surface area contributed by atoms with E-state index in [0.29, 0.717) is 19.4 Å². The molecule has 4 nitrogen and oxygen atoms in total. The Morgan fingerprint density at radius 3 is 2.17 bits per heavy atom. The first kappa shape index (κ1) is 16.9. The highest BCUT2D eigenvalue weighted by Gasteiger charge is 2.00. The van der Waals surface area contributed by atoms with Crippen LogP contribution in [0.3, 0.4) is 0 Å². The van der Waals surface area contributed by atoms with Crippen molar-refractivity contribution in [3.63, 3.8) is 0 Å². The van der Waals surface area contributed by atoms with E-state index in [1.165, 1.54) is 19.3 Å². The molecule has 0 aromatic carbocycles. The first-order chi connectivity index (χ1) is 8.66. The van der Waals surface area contributed by atoms with Crippen LogP contribution in [0.25, 0.3) is 0 Å². The molecule has 0 atom stereocenters. The molecule has 0 spiro atoms. The van der Waals surface area contributed by atoms with Gasteiger partial charge in [0.05, 0.1) is 0 Å². The number of nitrogens with one attached hydrogen (secondary N) is 1. The number of aliphatic carboxylic acids is 1. The number of amides is 1. The second kappa shape index (κ2) is 12.4. The predicted octanol–water partition coefficient (Wildman–Crippen LogP) is 3.11. The molecule has 0 aliphatic carbocycles. The van der Waals surface area contributed by atoms with E-state index in [2.05, 4.69) is 12.2 Å². The van der Waals surface area contributed by atoms with Gasteiger partial charge < -0.3 is 10.4 Å². The van der Waals surface area contributed by atoms with E-state index in [4.69, 9.17) is 5.11 Å². The van der Waals surface area contributed by atoms with E-state index >= 15 is 0 Å². The number of hydrogen-bond donors (Lipinski definition) is 2. The molecule has 0 heterocycles. The van der Waals surface area contributed by atoms with Gasteiger partial charge in [0.25, 0.3) is 0 Å². The van der Waals surface area contributed by atoms with E-state index in [0.717, 1.165) is 25.7 Å². The lowest BCUT2D eigenvalue weighted by molar-refractivity contribution is -0.137. The second-order valence-electron chi connectivity index (χ2n) is 4.72. The minimum Gasteiger partial charge on any atom is -0.481 e. The Bertz CT molecular complexity index is 229. The smallest absolute Gasteiger partial charge is 0.303 e. The minimum atomic E-state index is -0.744. The average Bonchev–Trinajstić information content (AvgIpc) is 2.33. The van der Waals surface area contributed by atoms with Gasteiger partial charge in [0.1, 0.15) is 0 Å². The summed E-state index contributed by atoms with van der Waals surface area (Å²) in [6, 6.07) is 0. The molecule has 0 aromatic heterocycles. The number of carbonyl (C=O) groups is 2. The summed E-state index contributed by atoms with van der Waals surface area (Å²) in [6.45, 7) is 2.85. The lowest BCUT2D eigenvalue weighted by atomic mass is 10.1. The molecule has 0 aliphatic rings. The summed E-state index contributed by atoms with van der Waals surface area (Å²) in [4.78, 5) is 21.7. The SMILES string of the molecule is CCCCCCCC(=O)NCCCCCC(=O)O. The fourth-order valence-electron chi connectivity index (χ4n) is 1.78. The number of carboxylic acid groups (broad SMARTS) is 1. The fraction of sp³-hybridized carbons (Fsp3) is 0.857. The first-order valence-corrected chi connectivity index (χ1v) is 7.15. The first-order valence-electron chi connectivity index (χ1n) is 7.15. The van der Waals surface area contributed by atoms with Gasteiger partial charge >= 0.3 is 5.97 Å². The minimum absolute atomic E-state index is 0.129. The Balaban J connectivity index is 3.19. The van der Waals surface area contributed by atoms with Gasteiger partial charge in [-0.1, -0.05) is 39.0 Å². The van der Waals surface area contributed by atoms with Crippen LogP contribution in [0.2, 0.25) is 0 Å². The lowest BCUT2D eigenvalue weighted by Gasteiger charge is -2.04. The van der Waals surface area contributed by atoms with Crippen molar-refractivity contribution < 1.29 is 14.7 Å². The molecule has 0 radical (unpaired) electrons. The van der Waals surface area contributed by atoms with Gasteiger partial charge in [0.15, 0.2) is 0 Å². The highest BCUT2D eigenvalue weighted by atomic mass is 16.4. The molecule has 1 amide bonds. The van der Waals surface area contributed by atoms with Crippen LogP contribution in [-0.4, -0.2) is 23.5 Å². The van der Waals surface area contributed by atoms with Gasteiger partial charge in [0.2, 0.25) is 5.91 Å². The normalized spacial score (nSPS) is 10.3. The monoisotopic (exact) mass is 257 g/mol. The largest absolute Gasteiger partial charge is 0.481 e. The lowest BCUT2D eigenvalue weighted by Crippen LogP contribution is -2.23. The van der Waals surface area contributed by atoms with Crippen molar-refractivity contribution in [3.8, 4) is 0 Å². The van der Waals surface area contributed by atoms with E-state index in [1.807, 2.05) is 0 Å². The van der Waals surface area contributed by atoms with Gasteiger partial charge in [-0.2, -0.15) is 0 Å². The summed E-state index contributed by atoms with van der Waals surface area (Å²) in [6.07, 6.45) is 9.10. The average molecular weight is 257 g/mol. The molecule has 18 heavy (non-hydrogen) atoms. The number of carboxylic acids is 1. The third-order valence-electron chi connectivity index (χ3n) is 2.90. The molecule has 4 heteroatoms. The Labute approximate surface area is 110 Å². The molecular weight excluding hydrogens is 230 g/mol. The van der Waals surface area contributed by atoms with Crippen LogP contribution in [0.1, 0.15) is 71.1 Å². The van der Waals surface area contributed by atoms with Crippen molar-refractivity contribution in [2.24, 2.45) is 0 Å². The molecule has 0 fully saturated rings. The molecular formula is C14H27NO3. The van der Waals surface area contributed by atoms with Gasteiger partial charge in [-0.25, -0.2) is 0 Å². The van der Waals surface area contributed by atoms with Crippen molar-refractivity contribution in [2.45, 2.75) is 71.1 Å². The Morgan fingerprint density at radius 2 is 1.50 bits per heavy atom. The Morgan fingerprint density at radius 1 is 0.889 bits per heavy atom. The molecule has 2 N–H and O–H groups in total. The molecule has 0 unspecified atom stereocenters. The molecule has 106 valence electrons. The van der Waals surface area contributed by atoms with Crippen LogP contribution in [0.4, 0.5) is 0 Å². The maximum atomic E-state index is 11.4. The van der Waals surface area contributed by atoms with Crippen molar-refractivity contribution in [1.82, 2.24) is 5.32 Å². The molecule has 0 saturated carbocycles. The molecule has 0 bridgehead atoms. The maximum absolute atomic E-state index is 11.4. The van der Waals surface area contributed by atoms with Gasteiger partial charge in [-0.15, -0.1) is 0 Å². The Kier molecular flexibility index (Phi) is 11.7. The third kappa shape index (κ3) is 13.0.